The highest BCUT2D eigenvalue weighted by Gasteiger charge is 2.40. The van der Waals surface area contributed by atoms with Crippen LogP contribution in [-0.2, 0) is 19.2 Å². The van der Waals surface area contributed by atoms with Gasteiger partial charge in [0, 0.05) is 75.8 Å². The third-order valence-corrected chi connectivity index (χ3v) is 10.1. The lowest BCUT2D eigenvalue weighted by molar-refractivity contribution is -0.160. The molecule has 0 unspecified atom stereocenters. The second-order valence-electron chi connectivity index (χ2n) is 12.9. The van der Waals surface area contributed by atoms with Crippen LogP contribution in [0.4, 0.5) is 11.4 Å². The summed E-state index contributed by atoms with van der Waals surface area (Å²) in [6.45, 7) is 11.6. The molecular weight excluding hydrogens is 584 g/mol. The number of piperazine rings is 4. The summed E-state index contributed by atoms with van der Waals surface area (Å²) in [6, 6.07) is 20.2. The monoisotopic (exact) mass is 630 g/mol. The molecule has 4 aliphatic rings. The second-order valence-corrected chi connectivity index (χ2v) is 12.9. The van der Waals surface area contributed by atoms with Gasteiger partial charge in [0.15, 0.2) is 0 Å². The number of anilines is 2. The molecule has 4 heterocycles. The lowest BCUT2D eigenvalue weighted by Crippen LogP contribution is -2.64. The fourth-order valence-electron chi connectivity index (χ4n) is 6.90. The number of rotatable bonds is 9. The van der Waals surface area contributed by atoms with Crippen LogP contribution in [0.3, 0.4) is 0 Å². The van der Waals surface area contributed by atoms with Crippen molar-refractivity contribution in [3.63, 3.8) is 0 Å². The summed E-state index contributed by atoms with van der Waals surface area (Å²) in [6.07, 6.45) is 0. The van der Waals surface area contributed by atoms with Crippen LogP contribution in [0.25, 0.3) is 0 Å². The molecule has 0 aromatic heterocycles. The molecular formula is C34H46N8O4. The van der Waals surface area contributed by atoms with Gasteiger partial charge in [0.05, 0.1) is 39.5 Å². The molecule has 246 valence electrons. The van der Waals surface area contributed by atoms with Crippen molar-refractivity contribution in [2.24, 2.45) is 0 Å². The maximum absolute atomic E-state index is 13.2. The number of imide groups is 2. The first-order valence-corrected chi connectivity index (χ1v) is 16.5. The van der Waals surface area contributed by atoms with Crippen molar-refractivity contribution in [1.29, 1.82) is 0 Å². The maximum atomic E-state index is 13.2. The topological polar surface area (TPSA) is 94.2 Å². The van der Waals surface area contributed by atoms with Crippen molar-refractivity contribution in [3.05, 3.63) is 60.7 Å². The quantitative estimate of drug-likeness (QED) is 0.368. The van der Waals surface area contributed by atoms with Gasteiger partial charge in [0.1, 0.15) is 0 Å². The highest BCUT2D eigenvalue weighted by molar-refractivity contribution is 6.00. The van der Waals surface area contributed by atoms with Crippen molar-refractivity contribution in [1.82, 2.24) is 29.4 Å². The van der Waals surface area contributed by atoms with Gasteiger partial charge in [-0.2, -0.15) is 0 Å². The zero-order valence-electron chi connectivity index (χ0n) is 27.0. The second kappa shape index (κ2) is 14.3. The number of para-hydroxylation sites is 2. The van der Waals surface area contributed by atoms with Gasteiger partial charge >= 0.3 is 0 Å². The van der Waals surface area contributed by atoms with Crippen LogP contribution in [0, 0.1) is 0 Å². The summed E-state index contributed by atoms with van der Waals surface area (Å²) in [5, 5.41) is 0. The zero-order chi connectivity index (χ0) is 32.2. The summed E-state index contributed by atoms with van der Waals surface area (Å²) in [4.78, 5) is 68.3. The minimum atomic E-state index is -0.204. The molecule has 0 radical (unpaired) electrons. The number of amides is 4. The Hall–Kier alpha value is -3.84. The minimum Gasteiger partial charge on any atom is -0.369 e. The van der Waals surface area contributed by atoms with Gasteiger partial charge in [0.25, 0.3) is 0 Å². The van der Waals surface area contributed by atoms with Crippen LogP contribution in [0.1, 0.15) is 13.8 Å². The predicted molar refractivity (Wildman–Crippen MR) is 176 cm³/mol. The van der Waals surface area contributed by atoms with E-state index in [1.165, 1.54) is 21.2 Å². The summed E-state index contributed by atoms with van der Waals surface area (Å²) in [5.74, 6) is -0.814. The molecule has 0 bridgehead atoms. The Balaban J connectivity index is 0.957. The number of nitrogens with zero attached hydrogens (tertiary/aromatic N) is 8. The smallest absolute Gasteiger partial charge is 0.244 e. The van der Waals surface area contributed by atoms with E-state index in [0.717, 1.165) is 52.4 Å². The average molecular weight is 631 g/mol. The SMILES string of the molecule is C[C@H]([C@H](C)N1CC(=O)N(CN2CCN(c3ccccc3)CC2)C(=O)C1)N1CC(=O)N(CN2CCN(c3ccccc3)CC2)C(=O)C1. The van der Waals surface area contributed by atoms with Crippen molar-refractivity contribution < 1.29 is 19.2 Å². The molecule has 46 heavy (non-hydrogen) atoms. The molecule has 4 saturated heterocycles. The van der Waals surface area contributed by atoms with E-state index in [9.17, 15) is 19.2 Å². The number of carbonyl (C=O) groups excluding carboxylic acids is 4. The predicted octanol–water partition coefficient (Wildman–Crippen LogP) is 0.664. The summed E-state index contributed by atoms with van der Waals surface area (Å²) in [5.41, 5.74) is 2.38. The number of hydrogen-bond acceptors (Lipinski definition) is 10. The zero-order valence-corrected chi connectivity index (χ0v) is 27.0. The van der Waals surface area contributed by atoms with Crippen LogP contribution >= 0.6 is 0 Å². The fraction of sp³-hybridized carbons (Fsp3) is 0.529. The Morgan fingerprint density at radius 1 is 0.478 bits per heavy atom. The van der Waals surface area contributed by atoms with Crippen LogP contribution in [-0.4, -0.2) is 157 Å². The van der Waals surface area contributed by atoms with E-state index in [0.29, 0.717) is 13.3 Å². The number of carbonyl (C=O) groups is 4. The van der Waals surface area contributed by atoms with Gasteiger partial charge < -0.3 is 9.80 Å². The van der Waals surface area contributed by atoms with Gasteiger partial charge in [0.2, 0.25) is 23.6 Å². The Morgan fingerprint density at radius 3 is 1.09 bits per heavy atom. The highest BCUT2D eigenvalue weighted by Crippen LogP contribution is 2.21. The van der Waals surface area contributed by atoms with Gasteiger partial charge in [-0.1, -0.05) is 36.4 Å². The third-order valence-electron chi connectivity index (χ3n) is 10.1. The molecule has 0 N–H and O–H groups in total. The molecule has 2 aromatic rings. The molecule has 4 amide bonds. The van der Waals surface area contributed by atoms with Gasteiger partial charge in [-0.3, -0.25) is 48.6 Å². The van der Waals surface area contributed by atoms with E-state index in [-0.39, 0.29) is 61.9 Å². The normalized spacial score (nSPS) is 22.9. The molecule has 2 atom stereocenters. The van der Waals surface area contributed by atoms with E-state index < -0.39 is 0 Å². The number of benzene rings is 2. The molecule has 0 aliphatic carbocycles. The van der Waals surface area contributed by atoms with Crippen molar-refractivity contribution in [3.8, 4) is 0 Å². The first-order valence-electron chi connectivity index (χ1n) is 16.5. The van der Waals surface area contributed by atoms with E-state index in [1.807, 2.05) is 60.0 Å². The molecule has 0 spiro atoms. The summed E-state index contributed by atoms with van der Waals surface area (Å²) >= 11 is 0. The molecule has 4 fully saturated rings. The Bertz CT molecular complexity index is 1240. The lowest BCUT2D eigenvalue weighted by Gasteiger charge is -2.45. The van der Waals surface area contributed by atoms with Crippen LogP contribution in [0.5, 0.6) is 0 Å². The molecule has 4 aliphatic heterocycles. The van der Waals surface area contributed by atoms with Crippen LogP contribution in [0.15, 0.2) is 60.7 Å². The Morgan fingerprint density at radius 2 is 0.783 bits per heavy atom. The fourth-order valence-corrected chi connectivity index (χ4v) is 6.90. The highest BCUT2D eigenvalue weighted by atomic mass is 16.2. The maximum Gasteiger partial charge on any atom is 0.244 e. The van der Waals surface area contributed by atoms with E-state index in [1.54, 1.807) is 0 Å². The lowest BCUT2D eigenvalue weighted by atomic mass is 10.1. The van der Waals surface area contributed by atoms with Crippen molar-refractivity contribution in [2.75, 3.05) is 102 Å². The first-order chi connectivity index (χ1) is 22.3. The first kappa shape index (κ1) is 32.1. The molecule has 12 heteroatoms. The van der Waals surface area contributed by atoms with E-state index >= 15 is 0 Å². The molecule has 6 rings (SSSR count). The Kier molecular flexibility index (Phi) is 9.98. The summed E-state index contributed by atoms with van der Waals surface area (Å²) in [7, 11) is 0. The van der Waals surface area contributed by atoms with Gasteiger partial charge in [-0.25, -0.2) is 0 Å². The standard InChI is InChI=1S/C34H46N8O4/c1-27(39-21-31(43)41(32(44)22-39)25-35-13-17-37(18-14-35)29-9-5-3-6-10-29)28(2)40-23-33(45)42(34(46)24-40)26-36-15-19-38(20-16-36)30-11-7-4-8-12-30/h3-12,27-28H,13-26H2,1-2H3/t27-,28+. The van der Waals surface area contributed by atoms with Crippen molar-refractivity contribution in [2.45, 2.75) is 25.9 Å². The van der Waals surface area contributed by atoms with Crippen LogP contribution in [0.2, 0.25) is 0 Å². The largest absolute Gasteiger partial charge is 0.369 e. The summed E-state index contributed by atoms with van der Waals surface area (Å²) < 4.78 is 0. The van der Waals surface area contributed by atoms with Crippen LogP contribution < -0.4 is 9.80 Å². The molecule has 2 aromatic carbocycles. The van der Waals surface area contributed by atoms with Gasteiger partial charge in [-0.05, 0) is 38.1 Å². The van der Waals surface area contributed by atoms with E-state index in [4.69, 9.17) is 0 Å². The molecule has 0 saturated carbocycles. The molecule has 12 nitrogen and oxygen atoms in total. The van der Waals surface area contributed by atoms with Crippen molar-refractivity contribution >= 4 is 35.0 Å². The third kappa shape index (κ3) is 7.25. The Labute approximate surface area is 271 Å². The van der Waals surface area contributed by atoms with Gasteiger partial charge in [-0.15, -0.1) is 0 Å². The number of hydrogen-bond donors (Lipinski definition) is 0. The average Bonchev–Trinajstić information content (AvgIpc) is 3.08. The minimum absolute atomic E-state index is 0.137. The van der Waals surface area contributed by atoms with E-state index in [2.05, 4.69) is 43.9 Å².